The third-order valence-electron chi connectivity index (χ3n) is 1.96. The van der Waals surface area contributed by atoms with Gasteiger partial charge in [0.25, 0.3) is 0 Å². The summed E-state index contributed by atoms with van der Waals surface area (Å²) in [5.41, 5.74) is 1.04. The van der Waals surface area contributed by atoms with E-state index in [9.17, 15) is 0 Å². The summed E-state index contributed by atoms with van der Waals surface area (Å²) in [6.45, 7) is 3.24. The van der Waals surface area contributed by atoms with E-state index in [0.29, 0.717) is 13.2 Å². The molecule has 0 saturated carbocycles. The highest BCUT2D eigenvalue weighted by atomic mass is 16.5. The van der Waals surface area contributed by atoms with Crippen molar-refractivity contribution in [2.24, 2.45) is 0 Å². The molecule has 0 radical (unpaired) electrons. The minimum absolute atomic E-state index is 0.573. The van der Waals surface area contributed by atoms with Gasteiger partial charge in [-0.25, -0.2) is 0 Å². The van der Waals surface area contributed by atoms with Crippen LogP contribution in [0.4, 0.5) is 0 Å². The van der Waals surface area contributed by atoms with Gasteiger partial charge in [0.1, 0.15) is 11.5 Å². The van der Waals surface area contributed by atoms with Crippen molar-refractivity contribution in [3.05, 3.63) is 23.8 Å². The maximum Gasteiger partial charge on any atom is 0.128 e. The van der Waals surface area contributed by atoms with Crippen molar-refractivity contribution < 1.29 is 14.2 Å². The van der Waals surface area contributed by atoms with Gasteiger partial charge in [-0.2, -0.15) is 0 Å². The number of ether oxygens (including phenoxy) is 3. The lowest BCUT2D eigenvalue weighted by Crippen LogP contribution is -1.96. The first-order chi connectivity index (χ1) is 6.81. The van der Waals surface area contributed by atoms with Gasteiger partial charge in [-0.1, -0.05) is 0 Å². The summed E-state index contributed by atoms with van der Waals surface area (Å²) in [6, 6.07) is 5.71. The third-order valence-corrected chi connectivity index (χ3v) is 1.96. The molecule has 1 rings (SSSR count). The Labute approximate surface area is 84.6 Å². The first kappa shape index (κ1) is 10.9. The average Bonchev–Trinajstić information content (AvgIpc) is 2.26. The Balaban J connectivity index is 2.82. The molecule has 78 valence electrons. The number of methoxy groups -OCH3 is 2. The second kappa shape index (κ2) is 5.50. The van der Waals surface area contributed by atoms with Crippen LogP contribution in [0.1, 0.15) is 12.5 Å². The smallest absolute Gasteiger partial charge is 0.128 e. The molecule has 0 fully saturated rings. The second-order valence-corrected chi connectivity index (χ2v) is 2.81. The van der Waals surface area contributed by atoms with Crippen LogP contribution in [-0.4, -0.2) is 20.8 Å². The van der Waals surface area contributed by atoms with E-state index in [0.717, 1.165) is 17.1 Å². The maximum absolute atomic E-state index is 5.31. The van der Waals surface area contributed by atoms with Gasteiger partial charge in [0.15, 0.2) is 0 Å². The van der Waals surface area contributed by atoms with Crippen LogP contribution in [0.2, 0.25) is 0 Å². The lowest BCUT2D eigenvalue weighted by Gasteiger charge is -2.09. The summed E-state index contributed by atoms with van der Waals surface area (Å²) in [4.78, 5) is 0. The SMILES string of the molecule is CCOCc1ccc(OC)cc1OC. The predicted octanol–water partition coefficient (Wildman–Crippen LogP) is 2.24. The normalized spacial score (nSPS) is 9.93. The van der Waals surface area contributed by atoms with Crippen molar-refractivity contribution in [3.8, 4) is 11.5 Å². The molecular weight excluding hydrogens is 180 g/mol. The van der Waals surface area contributed by atoms with Crippen molar-refractivity contribution >= 4 is 0 Å². The Morgan fingerprint density at radius 3 is 2.50 bits per heavy atom. The molecule has 0 saturated heterocycles. The highest BCUT2D eigenvalue weighted by Crippen LogP contribution is 2.24. The van der Waals surface area contributed by atoms with E-state index in [1.807, 2.05) is 25.1 Å². The number of rotatable bonds is 5. The zero-order valence-electron chi connectivity index (χ0n) is 8.87. The van der Waals surface area contributed by atoms with Gasteiger partial charge < -0.3 is 14.2 Å². The molecule has 0 atom stereocenters. The van der Waals surface area contributed by atoms with E-state index in [1.165, 1.54) is 0 Å². The van der Waals surface area contributed by atoms with E-state index >= 15 is 0 Å². The number of hydrogen-bond acceptors (Lipinski definition) is 3. The topological polar surface area (TPSA) is 27.7 Å². The van der Waals surface area contributed by atoms with Gasteiger partial charge in [-0.05, 0) is 19.1 Å². The first-order valence-corrected chi connectivity index (χ1v) is 4.60. The largest absolute Gasteiger partial charge is 0.497 e. The molecule has 1 aromatic carbocycles. The Bertz CT molecular complexity index is 284. The molecule has 0 aliphatic rings. The van der Waals surface area contributed by atoms with E-state index < -0.39 is 0 Å². The molecule has 0 aliphatic heterocycles. The van der Waals surface area contributed by atoms with Gasteiger partial charge in [-0.3, -0.25) is 0 Å². The second-order valence-electron chi connectivity index (χ2n) is 2.81. The Morgan fingerprint density at radius 2 is 1.93 bits per heavy atom. The molecule has 0 amide bonds. The molecule has 0 aromatic heterocycles. The Morgan fingerprint density at radius 1 is 1.14 bits per heavy atom. The van der Waals surface area contributed by atoms with Gasteiger partial charge in [0.05, 0.1) is 20.8 Å². The molecule has 0 aliphatic carbocycles. The van der Waals surface area contributed by atoms with Gasteiger partial charge >= 0.3 is 0 Å². The van der Waals surface area contributed by atoms with Crippen LogP contribution in [0.3, 0.4) is 0 Å². The van der Waals surface area contributed by atoms with Crippen LogP contribution in [0, 0.1) is 0 Å². The molecule has 0 heterocycles. The molecule has 0 bridgehead atoms. The highest BCUT2D eigenvalue weighted by Gasteiger charge is 2.04. The van der Waals surface area contributed by atoms with Crippen molar-refractivity contribution in [3.63, 3.8) is 0 Å². The predicted molar refractivity (Wildman–Crippen MR) is 54.9 cm³/mol. The number of benzene rings is 1. The van der Waals surface area contributed by atoms with Gasteiger partial charge in [-0.15, -0.1) is 0 Å². The molecule has 14 heavy (non-hydrogen) atoms. The summed E-state index contributed by atoms with van der Waals surface area (Å²) in [6.07, 6.45) is 0. The lowest BCUT2D eigenvalue weighted by molar-refractivity contribution is 0.132. The van der Waals surface area contributed by atoms with Crippen LogP contribution < -0.4 is 9.47 Å². The summed E-state index contributed by atoms with van der Waals surface area (Å²) < 4.78 is 15.6. The summed E-state index contributed by atoms with van der Waals surface area (Å²) >= 11 is 0. The van der Waals surface area contributed by atoms with Crippen molar-refractivity contribution in [2.45, 2.75) is 13.5 Å². The Kier molecular flexibility index (Phi) is 4.26. The minimum atomic E-state index is 0.573. The fraction of sp³-hybridized carbons (Fsp3) is 0.455. The van der Waals surface area contributed by atoms with E-state index in [1.54, 1.807) is 14.2 Å². The number of hydrogen-bond donors (Lipinski definition) is 0. The van der Waals surface area contributed by atoms with Crippen molar-refractivity contribution in [2.75, 3.05) is 20.8 Å². The van der Waals surface area contributed by atoms with Crippen LogP contribution in [-0.2, 0) is 11.3 Å². The maximum atomic E-state index is 5.31. The quantitative estimate of drug-likeness (QED) is 0.722. The summed E-state index contributed by atoms with van der Waals surface area (Å²) in [5, 5.41) is 0. The monoisotopic (exact) mass is 196 g/mol. The lowest BCUT2D eigenvalue weighted by atomic mass is 10.2. The zero-order chi connectivity index (χ0) is 10.4. The van der Waals surface area contributed by atoms with Crippen LogP contribution in [0.15, 0.2) is 18.2 Å². The molecule has 0 spiro atoms. The van der Waals surface area contributed by atoms with Gasteiger partial charge in [0, 0.05) is 18.2 Å². The molecule has 0 unspecified atom stereocenters. The van der Waals surface area contributed by atoms with Gasteiger partial charge in [0.2, 0.25) is 0 Å². The van der Waals surface area contributed by atoms with Crippen molar-refractivity contribution in [1.29, 1.82) is 0 Å². The fourth-order valence-electron chi connectivity index (χ4n) is 1.18. The first-order valence-electron chi connectivity index (χ1n) is 4.60. The van der Waals surface area contributed by atoms with Crippen LogP contribution in [0.25, 0.3) is 0 Å². The summed E-state index contributed by atoms with van der Waals surface area (Å²) in [7, 11) is 3.28. The molecule has 3 nitrogen and oxygen atoms in total. The fourth-order valence-corrected chi connectivity index (χ4v) is 1.18. The van der Waals surface area contributed by atoms with E-state index in [2.05, 4.69) is 0 Å². The summed E-state index contributed by atoms with van der Waals surface area (Å²) in [5.74, 6) is 1.60. The molecule has 1 aromatic rings. The third kappa shape index (κ3) is 2.64. The molecular formula is C11H16O3. The molecule has 3 heteroatoms. The minimum Gasteiger partial charge on any atom is -0.497 e. The standard InChI is InChI=1S/C11H16O3/c1-4-14-8-9-5-6-10(12-2)7-11(9)13-3/h5-7H,4,8H2,1-3H3. The highest BCUT2D eigenvalue weighted by molar-refractivity contribution is 5.40. The van der Waals surface area contributed by atoms with Crippen LogP contribution >= 0.6 is 0 Å². The Hall–Kier alpha value is -1.22. The van der Waals surface area contributed by atoms with E-state index in [-0.39, 0.29) is 0 Å². The molecule has 0 N–H and O–H groups in total. The zero-order valence-corrected chi connectivity index (χ0v) is 8.87. The van der Waals surface area contributed by atoms with E-state index in [4.69, 9.17) is 14.2 Å². The van der Waals surface area contributed by atoms with Crippen LogP contribution in [0.5, 0.6) is 11.5 Å². The van der Waals surface area contributed by atoms with Crippen molar-refractivity contribution in [1.82, 2.24) is 0 Å². The average molecular weight is 196 g/mol.